The molecule has 2 aliphatic carbocycles. The Kier molecular flexibility index (Phi) is 4.41. The standard InChI is InChI=1S/C20H28N2O/c1-23-20-5-3-2-4-18(20)14-21-8-10-22(11-9-21)15-19-13-16-6-7-17(19)12-16/h2-7,16-17,19H,8-15H2,1H3/t16-,17-,19+/m1/s1. The minimum Gasteiger partial charge on any atom is -0.496 e. The van der Waals surface area contributed by atoms with Crippen LogP contribution in [0.2, 0.25) is 0 Å². The largest absolute Gasteiger partial charge is 0.496 e. The molecule has 0 aromatic heterocycles. The second kappa shape index (κ2) is 6.66. The number of hydrogen-bond acceptors (Lipinski definition) is 3. The third-order valence-electron chi connectivity index (χ3n) is 5.96. The first-order valence-corrected chi connectivity index (χ1v) is 9.07. The fourth-order valence-corrected chi connectivity index (χ4v) is 4.64. The highest BCUT2D eigenvalue weighted by atomic mass is 16.5. The molecule has 4 rings (SSSR count). The van der Waals surface area contributed by atoms with Gasteiger partial charge in [0.05, 0.1) is 7.11 Å². The van der Waals surface area contributed by atoms with Crippen molar-refractivity contribution in [1.82, 2.24) is 9.80 Å². The smallest absolute Gasteiger partial charge is 0.123 e. The van der Waals surface area contributed by atoms with Gasteiger partial charge in [0.15, 0.2) is 0 Å². The van der Waals surface area contributed by atoms with Crippen LogP contribution in [0.5, 0.6) is 5.75 Å². The SMILES string of the molecule is COc1ccccc1CN1CCN(C[C@@H]2C[C@@H]3C=C[C@@H]2C3)CC1. The first-order chi connectivity index (χ1) is 11.3. The summed E-state index contributed by atoms with van der Waals surface area (Å²) in [4.78, 5) is 5.26. The number of nitrogens with zero attached hydrogens (tertiary/aromatic N) is 2. The summed E-state index contributed by atoms with van der Waals surface area (Å²) in [5.41, 5.74) is 1.31. The van der Waals surface area contributed by atoms with E-state index in [2.05, 4.69) is 40.2 Å². The van der Waals surface area contributed by atoms with Crippen molar-refractivity contribution in [2.24, 2.45) is 17.8 Å². The van der Waals surface area contributed by atoms with Crippen LogP contribution in [0.1, 0.15) is 18.4 Å². The second-order valence-corrected chi connectivity index (χ2v) is 7.43. The maximum atomic E-state index is 5.48. The van der Waals surface area contributed by atoms with E-state index in [4.69, 9.17) is 4.74 Å². The van der Waals surface area contributed by atoms with E-state index in [0.717, 1.165) is 30.0 Å². The number of para-hydroxylation sites is 1. The molecular weight excluding hydrogens is 284 g/mol. The Hall–Kier alpha value is -1.32. The zero-order valence-electron chi connectivity index (χ0n) is 14.2. The maximum absolute atomic E-state index is 5.48. The van der Waals surface area contributed by atoms with Crippen molar-refractivity contribution in [3.63, 3.8) is 0 Å². The van der Waals surface area contributed by atoms with Gasteiger partial charge in [-0.15, -0.1) is 0 Å². The number of rotatable bonds is 5. The molecule has 1 heterocycles. The molecule has 0 amide bonds. The normalized spacial score (nSPS) is 30.9. The Bertz CT molecular complexity index is 563. The summed E-state index contributed by atoms with van der Waals surface area (Å²) in [6, 6.07) is 8.40. The Morgan fingerprint density at radius 1 is 1.00 bits per heavy atom. The lowest BCUT2D eigenvalue weighted by Gasteiger charge is -2.37. The molecule has 124 valence electrons. The molecule has 1 aromatic rings. The molecule has 3 nitrogen and oxygen atoms in total. The Balaban J connectivity index is 1.27. The van der Waals surface area contributed by atoms with Gasteiger partial charge in [0.2, 0.25) is 0 Å². The summed E-state index contributed by atoms with van der Waals surface area (Å²) >= 11 is 0. The van der Waals surface area contributed by atoms with Crippen molar-refractivity contribution >= 4 is 0 Å². The Labute approximate surface area is 139 Å². The van der Waals surface area contributed by atoms with Gasteiger partial charge in [-0.2, -0.15) is 0 Å². The van der Waals surface area contributed by atoms with Crippen molar-refractivity contribution in [1.29, 1.82) is 0 Å². The molecule has 0 radical (unpaired) electrons. The van der Waals surface area contributed by atoms with Crippen molar-refractivity contribution in [3.05, 3.63) is 42.0 Å². The van der Waals surface area contributed by atoms with E-state index in [0.29, 0.717) is 0 Å². The van der Waals surface area contributed by atoms with Gasteiger partial charge in [-0.1, -0.05) is 30.4 Å². The fourth-order valence-electron chi connectivity index (χ4n) is 4.64. The molecule has 1 saturated carbocycles. The van der Waals surface area contributed by atoms with Gasteiger partial charge in [0, 0.05) is 44.8 Å². The van der Waals surface area contributed by atoms with Crippen LogP contribution in [0.25, 0.3) is 0 Å². The van der Waals surface area contributed by atoms with Gasteiger partial charge in [-0.05, 0) is 36.7 Å². The molecule has 2 fully saturated rings. The topological polar surface area (TPSA) is 15.7 Å². The Morgan fingerprint density at radius 3 is 2.48 bits per heavy atom. The molecular formula is C20H28N2O. The number of methoxy groups -OCH3 is 1. The fraction of sp³-hybridized carbons (Fsp3) is 0.600. The van der Waals surface area contributed by atoms with Gasteiger partial charge in [0.25, 0.3) is 0 Å². The van der Waals surface area contributed by atoms with Crippen LogP contribution in [-0.4, -0.2) is 49.6 Å². The predicted molar refractivity (Wildman–Crippen MR) is 93.6 cm³/mol. The van der Waals surface area contributed by atoms with Crippen LogP contribution in [0.15, 0.2) is 36.4 Å². The average Bonchev–Trinajstić information content (AvgIpc) is 3.20. The van der Waals surface area contributed by atoms with Crippen molar-refractivity contribution in [2.45, 2.75) is 19.4 Å². The Morgan fingerprint density at radius 2 is 1.78 bits per heavy atom. The van der Waals surface area contributed by atoms with E-state index in [-0.39, 0.29) is 0 Å². The molecule has 0 unspecified atom stereocenters. The summed E-state index contributed by atoms with van der Waals surface area (Å²) in [6.07, 6.45) is 7.80. The van der Waals surface area contributed by atoms with Crippen LogP contribution in [0, 0.1) is 17.8 Å². The van der Waals surface area contributed by atoms with Gasteiger partial charge in [-0.3, -0.25) is 4.90 Å². The summed E-state index contributed by atoms with van der Waals surface area (Å²) in [5, 5.41) is 0. The van der Waals surface area contributed by atoms with E-state index in [9.17, 15) is 0 Å². The zero-order valence-corrected chi connectivity index (χ0v) is 14.2. The molecule has 23 heavy (non-hydrogen) atoms. The average molecular weight is 312 g/mol. The molecule has 1 aliphatic heterocycles. The molecule has 3 aliphatic rings. The predicted octanol–water partition coefficient (Wildman–Crippen LogP) is 3.03. The van der Waals surface area contributed by atoms with E-state index in [1.165, 1.54) is 51.1 Å². The van der Waals surface area contributed by atoms with Crippen LogP contribution in [-0.2, 0) is 6.54 Å². The van der Waals surface area contributed by atoms with Gasteiger partial charge in [0.1, 0.15) is 5.75 Å². The van der Waals surface area contributed by atoms with E-state index in [1.54, 1.807) is 7.11 Å². The lowest BCUT2D eigenvalue weighted by molar-refractivity contribution is 0.108. The van der Waals surface area contributed by atoms with Gasteiger partial charge >= 0.3 is 0 Å². The molecule has 0 N–H and O–H groups in total. The molecule has 0 spiro atoms. The van der Waals surface area contributed by atoms with Gasteiger partial charge < -0.3 is 9.64 Å². The van der Waals surface area contributed by atoms with Crippen LogP contribution < -0.4 is 4.74 Å². The summed E-state index contributed by atoms with van der Waals surface area (Å²) in [5.74, 6) is 3.72. The molecule has 3 atom stereocenters. The first kappa shape index (κ1) is 15.2. The lowest BCUT2D eigenvalue weighted by atomic mass is 9.93. The quantitative estimate of drug-likeness (QED) is 0.777. The lowest BCUT2D eigenvalue weighted by Crippen LogP contribution is -2.47. The number of hydrogen-bond donors (Lipinski definition) is 0. The maximum Gasteiger partial charge on any atom is 0.123 e. The van der Waals surface area contributed by atoms with Crippen molar-refractivity contribution in [3.8, 4) is 5.75 Å². The van der Waals surface area contributed by atoms with Crippen molar-refractivity contribution < 1.29 is 4.74 Å². The molecule has 3 heteroatoms. The monoisotopic (exact) mass is 312 g/mol. The van der Waals surface area contributed by atoms with E-state index >= 15 is 0 Å². The van der Waals surface area contributed by atoms with Crippen LogP contribution in [0.4, 0.5) is 0 Å². The highest BCUT2D eigenvalue weighted by Crippen LogP contribution is 2.43. The summed E-state index contributed by atoms with van der Waals surface area (Å²) < 4.78 is 5.48. The van der Waals surface area contributed by atoms with E-state index in [1.807, 2.05) is 6.07 Å². The molecule has 1 saturated heterocycles. The first-order valence-electron chi connectivity index (χ1n) is 9.07. The third kappa shape index (κ3) is 3.31. The summed E-state index contributed by atoms with van der Waals surface area (Å²) in [6.45, 7) is 7.10. The zero-order chi connectivity index (χ0) is 15.6. The number of ether oxygens (including phenoxy) is 1. The van der Waals surface area contributed by atoms with Crippen LogP contribution in [0.3, 0.4) is 0 Å². The number of benzene rings is 1. The van der Waals surface area contributed by atoms with E-state index < -0.39 is 0 Å². The summed E-state index contributed by atoms with van der Waals surface area (Å²) in [7, 11) is 1.76. The molecule has 2 bridgehead atoms. The number of fused-ring (bicyclic) bond motifs is 2. The highest BCUT2D eigenvalue weighted by Gasteiger charge is 2.36. The number of allylic oxidation sites excluding steroid dienone is 2. The minimum absolute atomic E-state index is 0.881. The van der Waals surface area contributed by atoms with Crippen LogP contribution >= 0.6 is 0 Å². The van der Waals surface area contributed by atoms with Crippen molar-refractivity contribution in [2.75, 3.05) is 39.8 Å². The third-order valence-corrected chi connectivity index (χ3v) is 5.96. The van der Waals surface area contributed by atoms with Gasteiger partial charge in [-0.25, -0.2) is 0 Å². The highest BCUT2D eigenvalue weighted by molar-refractivity contribution is 5.33. The molecule has 1 aromatic carbocycles. The number of piperazine rings is 1. The minimum atomic E-state index is 0.881. The second-order valence-electron chi connectivity index (χ2n) is 7.43.